The standard InChI is InChI=1S/C13H14N4O2/c18-12-5-8(6-15-12)14-7-11-16-10-4-2-1-3-9(10)13(19)17-11/h1-4,8,14H,5-7H2,(H,15,18)(H,16,17,19). The first kappa shape index (κ1) is 11.9. The van der Waals surface area contributed by atoms with Crippen molar-refractivity contribution in [3.63, 3.8) is 0 Å². The molecular formula is C13H14N4O2. The summed E-state index contributed by atoms with van der Waals surface area (Å²) in [5, 5.41) is 6.54. The molecule has 1 fully saturated rings. The molecule has 2 aromatic rings. The average Bonchev–Trinajstić information content (AvgIpc) is 2.82. The third-order valence-electron chi connectivity index (χ3n) is 3.20. The minimum absolute atomic E-state index is 0.0532. The van der Waals surface area contributed by atoms with Crippen molar-refractivity contribution in [2.75, 3.05) is 6.54 Å². The fraction of sp³-hybridized carbons (Fsp3) is 0.308. The summed E-state index contributed by atoms with van der Waals surface area (Å²) in [5.41, 5.74) is 0.548. The van der Waals surface area contributed by atoms with Crippen molar-refractivity contribution in [3.05, 3.63) is 40.4 Å². The van der Waals surface area contributed by atoms with Crippen LogP contribution in [-0.4, -0.2) is 28.5 Å². The highest BCUT2D eigenvalue weighted by molar-refractivity contribution is 5.79. The van der Waals surface area contributed by atoms with Gasteiger partial charge in [-0.15, -0.1) is 0 Å². The summed E-state index contributed by atoms with van der Waals surface area (Å²) >= 11 is 0. The highest BCUT2D eigenvalue weighted by Gasteiger charge is 2.20. The molecule has 1 amide bonds. The van der Waals surface area contributed by atoms with Gasteiger partial charge in [0, 0.05) is 19.0 Å². The Balaban J connectivity index is 1.78. The predicted molar refractivity (Wildman–Crippen MR) is 70.6 cm³/mol. The number of nitrogens with one attached hydrogen (secondary N) is 3. The molecule has 1 aliphatic rings. The normalized spacial score (nSPS) is 18.7. The number of benzene rings is 1. The number of para-hydroxylation sites is 1. The lowest BCUT2D eigenvalue weighted by Crippen LogP contribution is -2.31. The lowest BCUT2D eigenvalue weighted by molar-refractivity contribution is -0.119. The SMILES string of the molecule is O=C1CC(NCc2nc3ccccc3c(=O)[nH]2)CN1. The molecule has 0 radical (unpaired) electrons. The summed E-state index contributed by atoms with van der Waals surface area (Å²) in [7, 11) is 0. The van der Waals surface area contributed by atoms with Crippen molar-refractivity contribution in [2.24, 2.45) is 0 Å². The molecule has 1 aliphatic heterocycles. The van der Waals surface area contributed by atoms with E-state index < -0.39 is 0 Å². The van der Waals surface area contributed by atoms with Crippen LogP contribution >= 0.6 is 0 Å². The van der Waals surface area contributed by atoms with Gasteiger partial charge in [0.25, 0.3) is 5.56 Å². The van der Waals surface area contributed by atoms with E-state index in [1.54, 1.807) is 6.07 Å². The van der Waals surface area contributed by atoms with Gasteiger partial charge in [0.15, 0.2) is 0 Å². The van der Waals surface area contributed by atoms with Gasteiger partial charge in [-0.1, -0.05) is 12.1 Å². The topological polar surface area (TPSA) is 86.9 Å². The minimum Gasteiger partial charge on any atom is -0.354 e. The maximum atomic E-state index is 11.9. The van der Waals surface area contributed by atoms with Gasteiger partial charge in [-0.2, -0.15) is 0 Å². The highest BCUT2D eigenvalue weighted by atomic mass is 16.2. The Labute approximate surface area is 109 Å². The number of hydrogen-bond acceptors (Lipinski definition) is 4. The molecule has 0 saturated carbocycles. The largest absolute Gasteiger partial charge is 0.354 e. The number of aromatic amines is 1. The van der Waals surface area contributed by atoms with Gasteiger partial charge >= 0.3 is 0 Å². The number of carbonyl (C=O) groups excluding carboxylic acids is 1. The van der Waals surface area contributed by atoms with Crippen LogP contribution in [0.4, 0.5) is 0 Å². The molecule has 1 aromatic heterocycles. The lowest BCUT2D eigenvalue weighted by atomic mass is 10.2. The number of aromatic nitrogens is 2. The van der Waals surface area contributed by atoms with E-state index in [1.165, 1.54) is 0 Å². The molecule has 1 aromatic carbocycles. The molecule has 1 atom stereocenters. The number of H-pyrrole nitrogens is 1. The zero-order valence-electron chi connectivity index (χ0n) is 10.3. The fourth-order valence-electron chi connectivity index (χ4n) is 2.21. The van der Waals surface area contributed by atoms with Crippen molar-refractivity contribution in [2.45, 2.75) is 19.0 Å². The molecule has 19 heavy (non-hydrogen) atoms. The Bertz CT molecular complexity index is 680. The molecule has 1 saturated heterocycles. The summed E-state index contributed by atoms with van der Waals surface area (Å²) in [5.74, 6) is 0.639. The molecule has 3 rings (SSSR count). The second-order valence-corrected chi connectivity index (χ2v) is 4.62. The molecule has 2 heterocycles. The third-order valence-corrected chi connectivity index (χ3v) is 3.20. The van der Waals surface area contributed by atoms with Crippen molar-refractivity contribution >= 4 is 16.8 Å². The Morgan fingerprint density at radius 2 is 2.16 bits per heavy atom. The van der Waals surface area contributed by atoms with Gasteiger partial charge in [-0.25, -0.2) is 4.98 Å². The minimum atomic E-state index is -0.136. The van der Waals surface area contributed by atoms with Gasteiger partial charge in [-0.3, -0.25) is 9.59 Å². The predicted octanol–water partition coefficient (Wildman–Crippen LogP) is -0.0988. The van der Waals surface area contributed by atoms with Crippen LogP contribution in [0.5, 0.6) is 0 Å². The van der Waals surface area contributed by atoms with Crippen molar-refractivity contribution in [1.82, 2.24) is 20.6 Å². The molecule has 0 spiro atoms. The first-order valence-corrected chi connectivity index (χ1v) is 6.20. The molecule has 6 heteroatoms. The number of hydrogen-bond donors (Lipinski definition) is 3. The first-order valence-electron chi connectivity index (χ1n) is 6.20. The van der Waals surface area contributed by atoms with Crippen LogP contribution in [0, 0.1) is 0 Å². The third kappa shape index (κ3) is 2.48. The van der Waals surface area contributed by atoms with E-state index in [0.717, 1.165) is 0 Å². The number of nitrogens with zero attached hydrogens (tertiary/aromatic N) is 1. The molecular weight excluding hydrogens is 244 g/mol. The number of amides is 1. The molecule has 98 valence electrons. The van der Waals surface area contributed by atoms with Crippen molar-refractivity contribution in [3.8, 4) is 0 Å². The van der Waals surface area contributed by atoms with Gasteiger partial charge in [0.05, 0.1) is 17.4 Å². The van der Waals surface area contributed by atoms with E-state index >= 15 is 0 Å². The van der Waals surface area contributed by atoms with Gasteiger partial charge in [0.1, 0.15) is 5.82 Å². The smallest absolute Gasteiger partial charge is 0.258 e. The van der Waals surface area contributed by atoms with E-state index in [1.807, 2.05) is 18.2 Å². The Morgan fingerprint density at radius 3 is 2.95 bits per heavy atom. The zero-order valence-corrected chi connectivity index (χ0v) is 10.3. The number of rotatable bonds is 3. The molecule has 0 aliphatic carbocycles. The molecule has 0 bridgehead atoms. The van der Waals surface area contributed by atoms with Crippen molar-refractivity contribution < 1.29 is 4.79 Å². The van der Waals surface area contributed by atoms with Crippen LogP contribution in [-0.2, 0) is 11.3 Å². The zero-order chi connectivity index (χ0) is 13.2. The molecule has 1 unspecified atom stereocenters. The number of carbonyl (C=O) groups is 1. The van der Waals surface area contributed by atoms with Crippen LogP contribution in [0.1, 0.15) is 12.2 Å². The maximum Gasteiger partial charge on any atom is 0.258 e. The Morgan fingerprint density at radius 1 is 1.32 bits per heavy atom. The van der Waals surface area contributed by atoms with Gasteiger partial charge in [-0.05, 0) is 12.1 Å². The summed E-state index contributed by atoms with van der Waals surface area (Å²) in [4.78, 5) is 30.1. The van der Waals surface area contributed by atoms with Crippen LogP contribution < -0.4 is 16.2 Å². The quantitative estimate of drug-likeness (QED) is 0.717. The van der Waals surface area contributed by atoms with Crippen LogP contribution in [0.3, 0.4) is 0 Å². The summed E-state index contributed by atoms with van der Waals surface area (Å²) in [6, 6.07) is 7.33. The van der Waals surface area contributed by atoms with E-state index in [9.17, 15) is 9.59 Å². The maximum absolute atomic E-state index is 11.9. The Kier molecular flexibility index (Phi) is 3.00. The van der Waals surface area contributed by atoms with E-state index in [2.05, 4.69) is 20.6 Å². The van der Waals surface area contributed by atoms with E-state index in [4.69, 9.17) is 0 Å². The second kappa shape index (κ2) is 4.81. The highest BCUT2D eigenvalue weighted by Crippen LogP contribution is 2.06. The number of fused-ring (bicyclic) bond motifs is 1. The van der Waals surface area contributed by atoms with E-state index in [0.29, 0.717) is 36.2 Å². The van der Waals surface area contributed by atoms with Crippen LogP contribution in [0.15, 0.2) is 29.1 Å². The first-order chi connectivity index (χ1) is 9.22. The van der Waals surface area contributed by atoms with E-state index in [-0.39, 0.29) is 17.5 Å². The second-order valence-electron chi connectivity index (χ2n) is 4.62. The molecule has 3 N–H and O–H groups in total. The average molecular weight is 258 g/mol. The van der Waals surface area contributed by atoms with Gasteiger partial charge in [0.2, 0.25) is 5.91 Å². The van der Waals surface area contributed by atoms with Crippen molar-refractivity contribution in [1.29, 1.82) is 0 Å². The summed E-state index contributed by atoms with van der Waals surface area (Å²) in [6.07, 6.45) is 0.470. The Hall–Kier alpha value is -2.21. The monoisotopic (exact) mass is 258 g/mol. The summed E-state index contributed by atoms with van der Waals surface area (Å²) < 4.78 is 0. The summed E-state index contributed by atoms with van der Waals surface area (Å²) in [6.45, 7) is 1.07. The van der Waals surface area contributed by atoms with Gasteiger partial charge < -0.3 is 15.6 Å². The van der Waals surface area contributed by atoms with Crippen LogP contribution in [0.2, 0.25) is 0 Å². The molecule has 6 nitrogen and oxygen atoms in total. The lowest BCUT2D eigenvalue weighted by Gasteiger charge is -2.09. The van der Waals surface area contributed by atoms with Crippen LogP contribution in [0.25, 0.3) is 10.9 Å². The fourth-order valence-corrected chi connectivity index (χ4v) is 2.21.